The van der Waals surface area contributed by atoms with Gasteiger partial charge in [0.2, 0.25) is 0 Å². The first-order chi connectivity index (χ1) is 28.1. The minimum atomic E-state index is -2.35. The van der Waals surface area contributed by atoms with Crippen LogP contribution in [0.25, 0.3) is 0 Å². The summed E-state index contributed by atoms with van der Waals surface area (Å²) in [5.41, 5.74) is -3.48. The molecule has 306 valence electrons. The Hall–Kier alpha value is -5.12. The molecule has 5 aliphatic rings. The molecule has 3 saturated carbocycles. The Morgan fingerprint density at radius 1 is 0.949 bits per heavy atom. The summed E-state index contributed by atoms with van der Waals surface area (Å²) in [6.07, 6.45) is -0.152. The third-order valence-electron chi connectivity index (χ3n) is 13.1. The van der Waals surface area contributed by atoms with E-state index in [2.05, 4.69) is 5.32 Å². The fourth-order valence-corrected chi connectivity index (χ4v) is 11.2. The van der Waals surface area contributed by atoms with E-state index in [9.17, 15) is 39.3 Å². The van der Waals surface area contributed by atoms with Gasteiger partial charge in [0.15, 0.2) is 23.5 Å². The highest BCUT2D eigenvalue weighted by molar-refractivity contribution is 7.99. The lowest BCUT2D eigenvalue weighted by Gasteiger charge is -2.62. The van der Waals surface area contributed by atoms with Gasteiger partial charge < -0.3 is 25.4 Å². The molecule has 59 heavy (non-hydrogen) atoms. The van der Waals surface area contributed by atoms with Crippen molar-refractivity contribution in [2.45, 2.75) is 73.2 Å². The Balaban J connectivity index is 0.942. The topological polar surface area (TPSA) is 171 Å². The van der Waals surface area contributed by atoms with E-state index in [0.717, 1.165) is 20.8 Å². The van der Waals surface area contributed by atoms with Crippen LogP contribution in [0.2, 0.25) is 0 Å². The van der Waals surface area contributed by atoms with Gasteiger partial charge in [-0.05, 0) is 110 Å². The Morgan fingerprint density at radius 3 is 2.32 bits per heavy atom. The van der Waals surface area contributed by atoms with Crippen molar-refractivity contribution in [2.75, 3.05) is 16.8 Å². The smallest absolute Gasteiger partial charge is 0.258 e. The summed E-state index contributed by atoms with van der Waals surface area (Å²) in [4.78, 5) is 65.2. The maximum absolute atomic E-state index is 17.6. The number of benzene rings is 3. The van der Waals surface area contributed by atoms with Crippen LogP contribution >= 0.6 is 11.8 Å². The average Bonchev–Trinajstić information content (AvgIpc) is 3.70. The minimum Gasteiger partial charge on any atom is -0.390 e. The number of hydrogen-bond donors (Lipinski definition) is 4. The van der Waals surface area contributed by atoms with Crippen LogP contribution < -0.4 is 10.2 Å². The molecule has 0 spiro atoms. The zero-order chi connectivity index (χ0) is 42.0. The number of Topliss-reactive ketones (excluding diaryl/α,β-unsaturated/α-hetero) is 1. The van der Waals surface area contributed by atoms with Crippen LogP contribution in [0.15, 0.2) is 119 Å². The number of aliphatic hydroxyl groups excluding tert-OH is 3. The molecule has 1 aliphatic heterocycles. The molecule has 0 unspecified atom stereocenters. The molecule has 10 atom stereocenters. The Labute approximate surface area is 342 Å². The van der Waals surface area contributed by atoms with E-state index >= 15 is 8.78 Å². The molecule has 1 heterocycles. The van der Waals surface area contributed by atoms with Gasteiger partial charge in [0.05, 0.1) is 23.8 Å². The Bertz CT molecular complexity index is 2320. The molecule has 4 N–H and O–H groups in total. The lowest BCUT2D eigenvalue weighted by atomic mass is 9.45. The maximum Gasteiger partial charge on any atom is 0.258 e. The van der Waals surface area contributed by atoms with Gasteiger partial charge in [-0.15, -0.1) is 0 Å². The van der Waals surface area contributed by atoms with Crippen molar-refractivity contribution in [2.24, 2.45) is 28.6 Å². The monoisotopic (exact) mass is 824 g/mol. The van der Waals surface area contributed by atoms with Crippen LogP contribution in [-0.2, 0) is 23.9 Å². The summed E-state index contributed by atoms with van der Waals surface area (Å²) < 4.78 is 39.7. The highest BCUT2D eigenvalue weighted by Crippen LogP contribution is 2.69. The zero-order valence-corrected chi connectivity index (χ0v) is 32.9. The van der Waals surface area contributed by atoms with Crippen molar-refractivity contribution in [1.82, 2.24) is 0 Å². The molecule has 14 heteroatoms. The van der Waals surface area contributed by atoms with Gasteiger partial charge in [-0.25, -0.2) is 13.7 Å². The molecular formula is C45H42F2N2O9S. The standard InChI is InChI=1S/C45H42F2N2O9S/c1-43-22-37(53)45(47)32(20-34(46)33-19-28(51)16-17-44(33,45)2)31(43)21-36(40(43)35(52)23-50)58-42(57)25-8-12-29(13-9-25)59-30-5-3-4-26(18-30)48-41(56)24-6-10-27(11-7-24)49-38(54)14-15-39(49)55/h3-19,31-32,34,36-37,40,42,50,53,57H,20-23H2,1-2H3,(H,48,56)/t31-,32-,34-,36+,37-,40-,42-,43-,44-,45-/m0/s1. The number of fused-ring (bicyclic) bond motifs is 5. The highest BCUT2D eigenvalue weighted by atomic mass is 32.2. The Kier molecular flexibility index (Phi) is 10.4. The SMILES string of the molecule is C[C@]12C[C@H](O)[C@@]3(F)[C@@H](C[C@H](F)C4=CC(=O)C=C[C@@]43C)[C@@H]1C[C@@H](O[C@H](O)c1ccc(Sc3cccc(NC(=O)c4ccc(N5C(=O)C=CC5=O)cc4)c3)cc1)[C@@H]2C(=O)CO. The number of ketones is 2. The van der Waals surface area contributed by atoms with Gasteiger partial charge in [0, 0.05) is 50.1 Å². The summed E-state index contributed by atoms with van der Waals surface area (Å²) in [6, 6.07) is 20.1. The molecule has 3 aromatic rings. The first-order valence-electron chi connectivity index (χ1n) is 19.4. The summed E-state index contributed by atoms with van der Waals surface area (Å²) >= 11 is 1.39. The van der Waals surface area contributed by atoms with Crippen molar-refractivity contribution < 1.29 is 52.8 Å². The van der Waals surface area contributed by atoms with Crippen molar-refractivity contribution in [1.29, 1.82) is 0 Å². The molecule has 8 rings (SSSR count). The lowest BCUT2D eigenvalue weighted by molar-refractivity contribution is -0.203. The molecular weight excluding hydrogens is 783 g/mol. The van der Waals surface area contributed by atoms with Crippen LogP contribution in [0, 0.1) is 28.6 Å². The van der Waals surface area contributed by atoms with Crippen LogP contribution in [0.1, 0.15) is 55.3 Å². The first kappa shape index (κ1) is 40.7. The van der Waals surface area contributed by atoms with Crippen LogP contribution in [0.3, 0.4) is 0 Å². The van der Waals surface area contributed by atoms with E-state index in [4.69, 9.17) is 4.74 Å². The Morgan fingerprint density at radius 2 is 1.64 bits per heavy atom. The van der Waals surface area contributed by atoms with E-state index in [1.807, 2.05) is 6.07 Å². The summed E-state index contributed by atoms with van der Waals surface area (Å²) in [7, 11) is 0. The normalized spacial score (nSPS) is 32.6. The van der Waals surface area contributed by atoms with Gasteiger partial charge in [0.1, 0.15) is 12.8 Å². The number of ether oxygens (including phenoxy) is 1. The predicted octanol–water partition coefficient (Wildman–Crippen LogP) is 6.00. The number of carbonyl (C=O) groups excluding carboxylic acids is 5. The summed E-state index contributed by atoms with van der Waals surface area (Å²) in [6.45, 7) is 2.40. The second-order valence-corrected chi connectivity index (χ2v) is 17.5. The summed E-state index contributed by atoms with van der Waals surface area (Å²) in [5, 5.41) is 35.8. The van der Waals surface area contributed by atoms with Gasteiger partial charge in [-0.3, -0.25) is 24.0 Å². The number of allylic oxidation sites excluding steroid dienone is 4. The van der Waals surface area contributed by atoms with Crippen molar-refractivity contribution in [3.05, 3.63) is 120 Å². The molecule has 0 bridgehead atoms. The van der Waals surface area contributed by atoms with Crippen molar-refractivity contribution >= 4 is 52.4 Å². The zero-order valence-electron chi connectivity index (χ0n) is 32.1. The molecule has 0 aromatic heterocycles. The molecule has 0 radical (unpaired) electrons. The predicted molar refractivity (Wildman–Crippen MR) is 212 cm³/mol. The first-order valence-corrected chi connectivity index (χ1v) is 20.2. The number of halogens is 2. The number of imide groups is 1. The van der Waals surface area contributed by atoms with E-state index in [-0.39, 0.29) is 24.8 Å². The van der Waals surface area contributed by atoms with Gasteiger partial charge in [-0.1, -0.05) is 43.0 Å². The van der Waals surface area contributed by atoms with Crippen LogP contribution in [-0.4, -0.2) is 75.3 Å². The molecule has 3 aromatic carbocycles. The fourth-order valence-electron chi connectivity index (χ4n) is 10.3. The van der Waals surface area contributed by atoms with Crippen LogP contribution in [0.5, 0.6) is 0 Å². The third-order valence-corrected chi connectivity index (χ3v) is 14.1. The number of rotatable bonds is 10. The third kappa shape index (κ3) is 6.80. The summed E-state index contributed by atoms with van der Waals surface area (Å²) in [5.74, 6) is -5.07. The van der Waals surface area contributed by atoms with E-state index in [1.165, 1.54) is 67.3 Å². The number of amides is 3. The minimum absolute atomic E-state index is 0.00769. The highest BCUT2D eigenvalue weighted by Gasteiger charge is 2.73. The number of aliphatic hydroxyl groups is 3. The second-order valence-electron chi connectivity index (χ2n) is 16.4. The van der Waals surface area contributed by atoms with Gasteiger partial charge >= 0.3 is 0 Å². The molecule has 4 aliphatic carbocycles. The van der Waals surface area contributed by atoms with E-state index in [0.29, 0.717) is 22.5 Å². The lowest BCUT2D eigenvalue weighted by Crippen LogP contribution is -2.68. The van der Waals surface area contributed by atoms with Crippen molar-refractivity contribution in [3.63, 3.8) is 0 Å². The molecule has 11 nitrogen and oxygen atoms in total. The second kappa shape index (κ2) is 15.2. The molecule has 3 fully saturated rings. The maximum atomic E-state index is 17.6. The number of carbonyl (C=O) groups is 5. The fraction of sp³-hybridized carbons (Fsp3) is 0.356. The number of nitrogens with one attached hydrogen (secondary N) is 1. The van der Waals surface area contributed by atoms with Crippen molar-refractivity contribution in [3.8, 4) is 0 Å². The number of nitrogens with zero attached hydrogens (tertiary/aromatic N) is 1. The largest absolute Gasteiger partial charge is 0.390 e. The van der Waals surface area contributed by atoms with Crippen LogP contribution in [0.4, 0.5) is 20.2 Å². The van der Waals surface area contributed by atoms with E-state index in [1.54, 1.807) is 49.4 Å². The molecule has 0 saturated heterocycles. The average molecular weight is 825 g/mol. The quantitative estimate of drug-likeness (QED) is 0.141. The number of hydrogen-bond acceptors (Lipinski definition) is 10. The van der Waals surface area contributed by atoms with Gasteiger partial charge in [-0.2, -0.15) is 0 Å². The number of anilines is 2. The van der Waals surface area contributed by atoms with Gasteiger partial charge in [0.25, 0.3) is 17.7 Å². The molecule has 3 amide bonds. The number of alkyl halides is 2. The van der Waals surface area contributed by atoms with E-state index < -0.39 is 94.8 Å².